The number of hydrogen-bond donors (Lipinski definition) is 1. The molecule has 2 unspecified atom stereocenters. The van der Waals surface area contributed by atoms with Crippen molar-refractivity contribution in [2.45, 2.75) is 57.3 Å². The van der Waals surface area contributed by atoms with Gasteiger partial charge in [-0.3, -0.25) is 0 Å². The summed E-state index contributed by atoms with van der Waals surface area (Å²) < 4.78 is 11.6. The fraction of sp³-hybridized carbons (Fsp3) is 0.625. The Morgan fingerprint density at radius 2 is 2.00 bits per heavy atom. The first-order valence-electron chi connectivity index (χ1n) is 7.28. The molecule has 106 valence electrons. The lowest BCUT2D eigenvalue weighted by molar-refractivity contribution is 0.0205. The standard InChI is InChI=1S/C16H25NO2/c1-3-15(17)14-9-4-5-10-16(14)19-13-8-6-7-12(11-13)18-2/h4-5,9-10,12-13,15H,3,6-8,11,17H2,1-2H3/t12?,13?,15-/m1/s1. The van der Waals surface area contributed by atoms with E-state index in [2.05, 4.69) is 13.0 Å². The molecule has 1 saturated carbocycles. The first-order valence-corrected chi connectivity index (χ1v) is 7.28. The van der Waals surface area contributed by atoms with Crippen molar-refractivity contribution in [1.82, 2.24) is 0 Å². The lowest BCUT2D eigenvalue weighted by atomic mass is 9.94. The van der Waals surface area contributed by atoms with Crippen LogP contribution < -0.4 is 10.5 Å². The summed E-state index contributed by atoms with van der Waals surface area (Å²) in [5.41, 5.74) is 7.26. The van der Waals surface area contributed by atoms with E-state index in [0.29, 0.717) is 6.10 Å². The molecule has 0 aromatic heterocycles. The molecule has 0 bridgehead atoms. The fourth-order valence-corrected chi connectivity index (χ4v) is 2.72. The maximum atomic E-state index is 6.18. The lowest BCUT2D eigenvalue weighted by Crippen LogP contribution is -2.30. The Kier molecular flexibility index (Phi) is 5.23. The minimum atomic E-state index is 0.0537. The number of para-hydroxylation sites is 1. The van der Waals surface area contributed by atoms with E-state index in [9.17, 15) is 0 Å². The van der Waals surface area contributed by atoms with E-state index >= 15 is 0 Å². The minimum Gasteiger partial charge on any atom is -0.490 e. The zero-order valence-corrected chi connectivity index (χ0v) is 12.0. The molecule has 2 N–H and O–H groups in total. The highest BCUT2D eigenvalue weighted by Gasteiger charge is 2.24. The van der Waals surface area contributed by atoms with Crippen LogP contribution in [-0.2, 0) is 4.74 Å². The molecule has 1 aromatic carbocycles. The van der Waals surface area contributed by atoms with E-state index in [4.69, 9.17) is 15.2 Å². The average molecular weight is 263 g/mol. The second-order valence-corrected chi connectivity index (χ2v) is 5.32. The second kappa shape index (κ2) is 6.92. The molecule has 0 heterocycles. The summed E-state index contributed by atoms with van der Waals surface area (Å²) >= 11 is 0. The predicted molar refractivity (Wildman–Crippen MR) is 77.3 cm³/mol. The van der Waals surface area contributed by atoms with Crippen LogP contribution in [-0.4, -0.2) is 19.3 Å². The topological polar surface area (TPSA) is 44.5 Å². The number of methoxy groups -OCH3 is 1. The molecule has 2 rings (SSSR count). The highest BCUT2D eigenvalue weighted by molar-refractivity contribution is 5.35. The summed E-state index contributed by atoms with van der Waals surface area (Å²) in [5, 5.41) is 0. The Balaban J connectivity index is 2.06. The van der Waals surface area contributed by atoms with Crippen LogP contribution in [0, 0.1) is 0 Å². The number of rotatable bonds is 5. The zero-order chi connectivity index (χ0) is 13.7. The molecule has 1 aromatic rings. The molecule has 19 heavy (non-hydrogen) atoms. The third-order valence-corrected chi connectivity index (χ3v) is 3.96. The number of ether oxygens (including phenoxy) is 2. The zero-order valence-electron chi connectivity index (χ0n) is 12.0. The Morgan fingerprint density at radius 1 is 1.26 bits per heavy atom. The van der Waals surface area contributed by atoms with Crippen molar-refractivity contribution in [1.29, 1.82) is 0 Å². The van der Waals surface area contributed by atoms with Crippen LogP contribution in [0.15, 0.2) is 24.3 Å². The van der Waals surface area contributed by atoms with Gasteiger partial charge >= 0.3 is 0 Å². The van der Waals surface area contributed by atoms with Gasteiger partial charge in [-0.25, -0.2) is 0 Å². The van der Waals surface area contributed by atoms with Crippen LogP contribution in [0.2, 0.25) is 0 Å². The molecule has 3 heteroatoms. The van der Waals surface area contributed by atoms with Gasteiger partial charge in [-0.2, -0.15) is 0 Å². The Labute approximate surface area is 116 Å². The van der Waals surface area contributed by atoms with Gasteiger partial charge in [-0.15, -0.1) is 0 Å². The van der Waals surface area contributed by atoms with Gasteiger partial charge in [0.25, 0.3) is 0 Å². The SMILES string of the molecule is CC[C@@H](N)c1ccccc1OC1CCCC(OC)C1. The number of nitrogens with two attached hydrogens (primary N) is 1. The second-order valence-electron chi connectivity index (χ2n) is 5.32. The highest BCUT2D eigenvalue weighted by Crippen LogP contribution is 2.30. The van der Waals surface area contributed by atoms with Crippen LogP contribution in [0.4, 0.5) is 0 Å². The maximum absolute atomic E-state index is 6.18. The van der Waals surface area contributed by atoms with Gasteiger partial charge in [0.2, 0.25) is 0 Å². The van der Waals surface area contributed by atoms with Crippen LogP contribution in [0.25, 0.3) is 0 Å². The third kappa shape index (κ3) is 3.71. The maximum Gasteiger partial charge on any atom is 0.124 e. The summed E-state index contributed by atoms with van der Waals surface area (Å²) in [6.07, 6.45) is 5.92. The summed E-state index contributed by atoms with van der Waals surface area (Å²) in [6.45, 7) is 2.10. The van der Waals surface area contributed by atoms with Gasteiger partial charge in [0, 0.05) is 25.1 Å². The molecule has 1 fully saturated rings. The van der Waals surface area contributed by atoms with Gasteiger partial charge in [0.05, 0.1) is 6.10 Å². The predicted octanol–water partition coefficient (Wildman–Crippen LogP) is 3.43. The van der Waals surface area contributed by atoms with Gasteiger partial charge in [0.1, 0.15) is 11.9 Å². The Morgan fingerprint density at radius 3 is 2.74 bits per heavy atom. The summed E-state index contributed by atoms with van der Waals surface area (Å²) in [4.78, 5) is 0. The van der Waals surface area contributed by atoms with E-state index in [0.717, 1.165) is 37.0 Å². The summed E-state index contributed by atoms with van der Waals surface area (Å²) in [6, 6.07) is 8.19. The molecule has 1 aliphatic rings. The molecule has 3 nitrogen and oxygen atoms in total. The van der Waals surface area contributed by atoms with Crippen molar-refractivity contribution in [3.63, 3.8) is 0 Å². The largest absolute Gasteiger partial charge is 0.490 e. The molecular weight excluding hydrogens is 238 g/mol. The summed E-state index contributed by atoms with van der Waals surface area (Å²) in [7, 11) is 1.79. The van der Waals surface area contributed by atoms with Gasteiger partial charge in [0.15, 0.2) is 0 Å². The van der Waals surface area contributed by atoms with Crippen LogP contribution >= 0.6 is 0 Å². The van der Waals surface area contributed by atoms with Gasteiger partial charge < -0.3 is 15.2 Å². The molecule has 0 radical (unpaired) electrons. The molecule has 3 atom stereocenters. The first kappa shape index (κ1) is 14.4. The normalized spacial score (nSPS) is 25.0. The molecule has 1 aliphatic carbocycles. The smallest absolute Gasteiger partial charge is 0.124 e. The van der Waals surface area contributed by atoms with Crippen molar-refractivity contribution in [2.24, 2.45) is 5.73 Å². The van der Waals surface area contributed by atoms with E-state index in [-0.39, 0.29) is 12.1 Å². The number of hydrogen-bond acceptors (Lipinski definition) is 3. The molecule has 0 amide bonds. The molecular formula is C16H25NO2. The van der Waals surface area contributed by atoms with Crippen LogP contribution in [0.3, 0.4) is 0 Å². The van der Waals surface area contributed by atoms with E-state index in [1.165, 1.54) is 6.42 Å². The van der Waals surface area contributed by atoms with Crippen molar-refractivity contribution < 1.29 is 9.47 Å². The summed E-state index contributed by atoms with van der Waals surface area (Å²) in [5.74, 6) is 0.943. The minimum absolute atomic E-state index is 0.0537. The first-order chi connectivity index (χ1) is 9.24. The van der Waals surface area contributed by atoms with Crippen molar-refractivity contribution in [3.05, 3.63) is 29.8 Å². The van der Waals surface area contributed by atoms with Gasteiger partial charge in [-0.05, 0) is 31.7 Å². The van der Waals surface area contributed by atoms with Crippen LogP contribution in [0.1, 0.15) is 50.6 Å². The van der Waals surface area contributed by atoms with Crippen LogP contribution in [0.5, 0.6) is 5.75 Å². The molecule has 0 spiro atoms. The Bertz CT molecular complexity index is 394. The van der Waals surface area contributed by atoms with E-state index < -0.39 is 0 Å². The van der Waals surface area contributed by atoms with Crippen molar-refractivity contribution in [2.75, 3.05) is 7.11 Å². The highest BCUT2D eigenvalue weighted by atomic mass is 16.5. The van der Waals surface area contributed by atoms with Gasteiger partial charge in [-0.1, -0.05) is 25.1 Å². The van der Waals surface area contributed by atoms with Crippen molar-refractivity contribution in [3.8, 4) is 5.75 Å². The third-order valence-electron chi connectivity index (χ3n) is 3.96. The van der Waals surface area contributed by atoms with E-state index in [1.54, 1.807) is 7.11 Å². The molecule has 0 aliphatic heterocycles. The average Bonchev–Trinajstić information content (AvgIpc) is 2.47. The Hall–Kier alpha value is -1.06. The number of benzene rings is 1. The monoisotopic (exact) mass is 263 g/mol. The molecule has 0 saturated heterocycles. The fourth-order valence-electron chi connectivity index (χ4n) is 2.72. The van der Waals surface area contributed by atoms with Crippen molar-refractivity contribution >= 4 is 0 Å². The quantitative estimate of drug-likeness (QED) is 0.885. The van der Waals surface area contributed by atoms with E-state index in [1.807, 2.05) is 18.2 Å². The lowest BCUT2D eigenvalue weighted by Gasteiger charge is -2.29.